The Labute approximate surface area is 115 Å². The van der Waals surface area contributed by atoms with Gasteiger partial charge in [-0.2, -0.15) is 4.83 Å². The smallest absolute Gasteiger partial charge is 0.0109 e. The van der Waals surface area contributed by atoms with E-state index in [1.54, 1.807) is 11.0 Å². The van der Waals surface area contributed by atoms with E-state index in [1.807, 2.05) is 10.8 Å². The topological polar surface area (TPSA) is 24.1 Å². The van der Waals surface area contributed by atoms with Crippen LogP contribution in [-0.4, -0.2) is 12.3 Å². The summed E-state index contributed by atoms with van der Waals surface area (Å²) in [6.07, 6.45) is 15.6. The fourth-order valence-corrected chi connectivity index (χ4v) is 3.70. The molecule has 102 valence electrons. The van der Waals surface area contributed by atoms with Crippen LogP contribution in [0.5, 0.6) is 0 Å². The molecule has 0 aromatic heterocycles. The minimum absolute atomic E-state index is 1.10. The van der Waals surface area contributed by atoms with Crippen LogP contribution in [-0.2, 0) is 0 Å². The Morgan fingerprint density at radius 2 is 1.12 bits per heavy atom. The molecular weight excluding hydrogens is 248 g/mol. The minimum atomic E-state index is 1.10. The van der Waals surface area contributed by atoms with Gasteiger partial charge in [0.1, 0.15) is 0 Å². The summed E-state index contributed by atoms with van der Waals surface area (Å²) in [5.74, 6) is 1.28. The molecule has 1 rings (SSSR count). The van der Waals surface area contributed by atoms with Crippen molar-refractivity contribution in [1.82, 2.24) is 10.3 Å². The maximum Gasteiger partial charge on any atom is 0.0109 e. The van der Waals surface area contributed by atoms with Crippen LogP contribution >= 0.6 is 21.8 Å². The molecule has 0 radical (unpaired) electrons. The van der Waals surface area contributed by atoms with Crippen molar-refractivity contribution < 1.29 is 0 Å². The van der Waals surface area contributed by atoms with Gasteiger partial charge in [0.05, 0.1) is 0 Å². The molecule has 17 heavy (non-hydrogen) atoms. The van der Waals surface area contributed by atoms with Gasteiger partial charge in [-0.15, -0.1) is 0 Å². The highest BCUT2D eigenvalue weighted by molar-refractivity contribution is 8.75. The van der Waals surface area contributed by atoms with Crippen LogP contribution in [0.1, 0.15) is 70.6 Å². The molecule has 4 heteroatoms. The van der Waals surface area contributed by atoms with E-state index in [1.165, 1.54) is 76.4 Å². The van der Waals surface area contributed by atoms with Crippen molar-refractivity contribution in [3.8, 4) is 0 Å². The van der Waals surface area contributed by atoms with Crippen molar-refractivity contribution in [2.45, 2.75) is 70.6 Å². The van der Waals surface area contributed by atoms with Crippen molar-refractivity contribution >= 4 is 21.8 Å². The molecule has 0 aromatic rings. The largest absolute Gasteiger partial charge is 0.247 e. The fraction of sp³-hybridized carbons (Fsp3) is 1.00. The molecule has 1 saturated heterocycles. The van der Waals surface area contributed by atoms with E-state index in [-0.39, 0.29) is 0 Å². The van der Waals surface area contributed by atoms with Gasteiger partial charge in [-0.25, -0.2) is 5.43 Å². The summed E-state index contributed by atoms with van der Waals surface area (Å²) in [4.78, 5) is 3.21. The maximum atomic E-state index is 3.27. The van der Waals surface area contributed by atoms with Crippen molar-refractivity contribution in [2.24, 2.45) is 0 Å². The maximum absolute atomic E-state index is 3.27. The first kappa shape index (κ1) is 15.7. The highest BCUT2D eigenvalue weighted by Crippen LogP contribution is 2.19. The van der Waals surface area contributed by atoms with Gasteiger partial charge < -0.3 is 0 Å². The van der Waals surface area contributed by atoms with E-state index < -0.39 is 0 Å². The number of hydrogen-bond acceptors (Lipinski definition) is 4. The molecule has 0 aromatic carbocycles. The Morgan fingerprint density at radius 1 is 0.588 bits per heavy atom. The standard InChI is InChI=1S/C13H28N2S2/c1-2-4-6-8-10-12-14-15-17-16-13-11-9-7-5-3-1/h14-15H,1-13H2. The molecule has 1 fully saturated rings. The summed E-state index contributed by atoms with van der Waals surface area (Å²) in [5, 5.41) is 0. The van der Waals surface area contributed by atoms with Crippen LogP contribution in [0.3, 0.4) is 0 Å². The van der Waals surface area contributed by atoms with Crippen molar-refractivity contribution in [3.63, 3.8) is 0 Å². The molecule has 2 nitrogen and oxygen atoms in total. The molecule has 0 spiro atoms. The Bertz CT molecular complexity index is 86.9. The van der Waals surface area contributed by atoms with Crippen molar-refractivity contribution in [3.05, 3.63) is 0 Å². The predicted octanol–water partition coefficient (Wildman–Crippen LogP) is 4.68. The SMILES string of the molecule is C1CCCCCCNNSSCCCCCC1. The molecule has 0 unspecified atom stereocenters. The Hall–Kier alpha value is 0.620. The zero-order chi connectivity index (χ0) is 12.0. The summed E-state index contributed by atoms with van der Waals surface area (Å²) in [6.45, 7) is 1.10. The lowest BCUT2D eigenvalue weighted by Gasteiger charge is -2.05. The summed E-state index contributed by atoms with van der Waals surface area (Å²) in [7, 11) is 3.68. The second kappa shape index (κ2) is 13.1. The van der Waals surface area contributed by atoms with Crippen LogP contribution in [0, 0.1) is 0 Å². The Morgan fingerprint density at radius 3 is 1.76 bits per heavy atom. The lowest BCUT2D eigenvalue weighted by Crippen LogP contribution is -2.25. The van der Waals surface area contributed by atoms with Gasteiger partial charge in [0.15, 0.2) is 0 Å². The molecule has 1 aliphatic heterocycles. The molecule has 0 aliphatic carbocycles. The van der Waals surface area contributed by atoms with E-state index in [0.717, 1.165) is 6.54 Å². The van der Waals surface area contributed by atoms with Crippen molar-refractivity contribution in [1.29, 1.82) is 0 Å². The average Bonchev–Trinajstić information content (AvgIpc) is 2.35. The summed E-state index contributed by atoms with van der Waals surface area (Å²) < 4.78 is 0. The lowest BCUT2D eigenvalue weighted by atomic mass is 10.1. The second-order valence-electron chi connectivity index (χ2n) is 4.82. The molecule has 0 saturated carbocycles. The number of rotatable bonds is 0. The summed E-state index contributed by atoms with van der Waals surface area (Å²) in [6, 6.07) is 0. The van der Waals surface area contributed by atoms with E-state index in [9.17, 15) is 0 Å². The van der Waals surface area contributed by atoms with E-state index in [2.05, 4.69) is 10.3 Å². The second-order valence-corrected chi connectivity index (χ2v) is 7.05. The third kappa shape index (κ3) is 11.4. The highest BCUT2D eigenvalue weighted by atomic mass is 33.1. The molecule has 1 aliphatic rings. The van der Waals surface area contributed by atoms with Gasteiger partial charge in [-0.3, -0.25) is 0 Å². The first-order valence-corrected chi connectivity index (χ1v) is 9.58. The third-order valence-corrected chi connectivity index (χ3v) is 5.11. The van der Waals surface area contributed by atoms with Crippen LogP contribution in [0.15, 0.2) is 0 Å². The first-order valence-electron chi connectivity index (χ1n) is 7.26. The molecule has 0 bridgehead atoms. The molecule has 0 amide bonds. The zero-order valence-corrected chi connectivity index (χ0v) is 12.6. The Kier molecular flexibility index (Phi) is 12.0. The van der Waals surface area contributed by atoms with E-state index in [0.29, 0.717) is 0 Å². The molecular formula is C13H28N2S2. The monoisotopic (exact) mass is 276 g/mol. The van der Waals surface area contributed by atoms with Gasteiger partial charge in [0.25, 0.3) is 0 Å². The predicted molar refractivity (Wildman–Crippen MR) is 82.0 cm³/mol. The average molecular weight is 277 g/mol. The summed E-state index contributed by atoms with van der Waals surface area (Å²) >= 11 is 0. The Balaban J connectivity index is 2.01. The third-order valence-electron chi connectivity index (χ3n) is 3.20. The minimum Gasteiger partial charge on any atom is -0.247 e. The zero-order valence-electron chi connectivity index (χ0n) is 11.0. The number of nitrogens with one attached hydrogen (secondary N) is 2. The number of hydrazine groups is 1. The first-order chi connectivity index (χ1) is 8.50. The van der Waals surface area contributed by atoms with Crippen LogP contribution in [0.2, 0.25) is 0 Å². The van der Waals surface area contributed by atoms with Crippen LogP contribution < -0.4 is 10.3 Å². The number of hydrogen-bond donors (Lipinski definition) is 2. The van der Waals surface area contributed by atoms with Gasteiger partial charge in [-0.05, 0) is 12.8 Å². The van der Waals surface area contributed by atoms with E-state index in [4.69, 9.17) is 0 Å². The van der Waals surface area contributed by atoms with Gasteiger partial charge in [0.2, 0.25) is 0 Å². The van der Waals surface area contributed by atoms with E-state index >= 15 is 0 Å². The molecule has 0 atom stereocenters. The van der Waals surface area contributed by atoms with Gasteiger partial charge >= 0.3 is 0 Å². The lowest BCUT2D eigenvalue weighted by molar-refractivity contribution is 0.539. The van der Waals surface area contributed by atoms with Crippen LogP contribution in [0.4, 0.5) is 0 Å². The normalized spacial score (nSPS) is 24.0. The van der Waals surface area contributed by atoms with Gasteiger partial charge in [-0.1, -0.05) is 68.6 Å². The highest BCUT2D eigenvalue weighted by Gasteiger charge is 1.96. The molecule has 2 N–H and O–H groups in total. The van der Waals surface area contributed by atoms with Crippen molar-refractivity contribution in [2.75, 3.05) is 12.3 Å². The fourth-order valence-electron chi connectivity index (χ4n) is 2.12. The van der Waals surface area contributed by atoms with Crippen LogP contribution in [0.25, 0.3) is 0 Å². The summed E-state index contributed by atoms with van der Waals surface area (Å²) in [5.41, 5.74) is 3.27. The quantitative estimate of drug-likeness (QED) is 0.495. The molecule has 1 heterocycles. The van der Waals surface area contributed by atoms with Gasteiger partial charge in [0, 0.05) is 23.3 Å².